The Kier molecular flexibility index (Phi) is 3.73. The number of para-hydroxylation sites is 1. The fraction of sp³-hybridized carbons (Fsp3) is 0.438. The third-order valence-corrected chi connectivity index (χ3v) is 4.04. The molecule has 1 aromatic heterocycles. The molecule has 0 radical (unpaired) electrons. The van der Waals surface area contributed by atoms with Crippen LogP contribution in [-0.2, 0) is 9.53 Å². The van der Waals surface area contributed by atoms with Crippen molar-refractivity contribution in [3.05, 3.63) is 30.0 Å². The van der Waals surface area contributed by atoms with E-state index in [1.807, 2.05) is 28.9 Å². The molecule has 0 spiro atoms. The minimum atomic E-state index is -0.440. The van der Waals surface area contributed by atoms with Crippen molar-refractivity contribution in [1.82, 2.24) is 9.78 Å². The van der Waals surface area contributed by atoms with Crippen LogP contribution in [0.3, 0.4) is 0 Å². The van der Waals surface area contributed by atoms with Crippen molar-refractivity contribution in [2.45, 2.75) is 38.1 Å². The van der Waals surface area contributed by atoms with Crippen molar-refractivity contribution in [2.24, 2.45) is 0 Å². The molecule has 1 fully saturated rings. The summed E-state index contributed by atoms with van der Waals surface area (Å²) >= 11 is 0. The molecule has 1 aliphatic carbocycles. The molecule has 5 nitrogen and oxygen atoms in total. The molecule has 1 aliphatic rings. The van der Waals surface area contributed by atoms with Crippen molar-refractivity contribution >= 4 is 22.7 Å². The van der Waals surface area contributed by atoms with Crippen molar-refractivity contribution in [3.8, 4) is 0 Å². The number of benzene rings is 1. The van der Waals surface area contributed by atoms with E-state index in [1.165, 1.54) is 7.11 Å². The lowest BCUT2D eigenvalue weighted by molar-refractivity contribution is -0.119. The molecule has 1 heterocycles. The van der Waals surface area contributed by atoms with E-state index in [4.69, 9.17) is 4.74 Å². The number of methoxy groups -OCH3 is 1. The zero-order valence-corrected chi connectivity index (χ0v) is 12.0. The Morgan fingerprint density at radius 2 is 2.14 bits per heavy atom. The predicted molar refractivity (Wildman–Crippen MR) is 78.2 cm³/mol. The predicted octanol–water partition coefficient (Wildman–Crippen LogP) is 2.90. The second kappa shape index (κ2) is 5.68. The lowest BCUT2D eigenvalue weighted by Gasteiger charge is -2.15. The fourth-order valence-electron chi connectivity index (χ4n) is 2.99. The second-order valence-electron chi connectivity index (χ2n) is 5.44. The van der Waals surface area contributed by atoms with Gasteiger partial charge in [0, 0.05) is 18.2 Å². The third-order valence-electron chi connectivity index (χ3n) is 4.04. The van der Waals surface area contributed by atoms with Crippen LogP contribution in [0.25, 0.3) is 10.9 Å². The molecule has 3 rings (SSSR count). The van der Waals surface area contributed by atoms with E-state index in [0.29, 0.717) is 18.5 Å². The van der Waals surface area contributed by atoms with Crippen molar-refractivity contribution < 1.29 is 14.3 Å². The van der Waals surface area contributed by atoms with Gasteiger partial charge in [0.2, 0.25) is 0 Å². The molecule has 1 saturated carbocycles. The molecule has 0 N–H and O–H groups in total. The van der Waals surface area contributed by atoms with Gasteiger partial charge < -0.3 is 4.74 Å². The second-order valence-corrected chi connectivity index (χ2v) is 5.44. The molecule has 0 aliphatic heterocycles. The van der Waals surface area contributed by atoms with Gasteiger partial charge >= 0.3 is 5.97 Å². The number of hydrogen-bond acceptors (Lipinski definition) is 4. The summed E-state index contributed by atoms with van der Waals surface area (Å²) in [4.78, 5) is 23.8. The van der Waals surface area contributed by atoms with Crippen LogP contribution in [0.5, 0.6) is 0 Å². The molecule has 1 aromatic carbocycles. The maximum absolute atomic E-state index is 11.9. The summed E-state index contributed by atoms with van der Waals surface area (Å²) in [7, 11) is 1.35. The molecule has 1 atom stereocenters. The molecule has 2 aromatic rings. The summed E-state index contributed by atoms with van der Waals surface area (Å²) in [6.45, 7) is 0. The highest BCUT2D eigenvalue weighted by Crippen LogP contribution is 2.29. The number of esters is 1. The monoisotopic (exact) mass is 286 g/mol. The fourth-order valence-corrected chi connectivity index (χ4v) is 2.99. The SMILES string of the molecule is COC(=O)c1nn(C2CCCCC(=O)C2)c2ccccc12. The highest BCUT2D eigenvalue weighted by atomic mass is 16.5. The summed E-state index contributed by atoms with van der Waals surface area (Å²) in [5.41, 5.74) is 1.21. The van der Waals surface area contributed by atoms with Gasteiger partial charge in [-0.25, -0.2) is 4.79 Å². The number of carbonyl (C=O) groups is 2. The Balaban J connectivity index is 2.09. The highest BCUT2D eigenvalue weighted by molar-refractivity contribution is 6.02. The van der Waals surface area contributed by atoms with E-state index in [1.54, 1.807) is 0 Å². The number of hydrogen-bond donors (Lipinski definition) is 0. The van der Waals surface area contributed by atoms with Gasteiger partial charge in [-0.15, -0.1) is 0 Å². The Labute approximate surface area is 122 Å². The van der Waals surface area contributed by atoms with Gasteiger partial charge in [-0.3, -0.25) is 9.48 Å². The first-order valence-corrected chi connectivity index (χ1v) is 7.28. The number of carbonyl (C=O) groups excluding carboxylic acids is 2. The number of rotatable bonds is 2. The van der Waals surface area contributed by atoms with Gasteiger partial charge in [-0.05, 0) is 18.9 Å². The number of ketones is 1. The van der Waals surface area contributed by atoms with Gasteiger partial charge in [0.1, 0.15) is 5.78 Å². The summed E-state index contributed by atoms with van der Waals surface area (Å²) in [5, 5.41) is 5.23. The molecule has 0 saturated heterocycles. The average Bonchev–Trinajstić information content (AvgIpc) is 2.76. The van der Waals surface area contributed by atoms with Crippen LogP contribution in [0, 0.1) is 0 Å². The molecular weight excluding hydrogens is 268 g/mol. The first-order valence-electron chi connectivity index (χ1n) is 7.28. The molecule has 0 bridgehead atoms. The topological polar surface area (TPSA) is 61.2 Å². The molecule has 21 heavy (non-hydrogen) atoms. The Hall–Kier alpha value is -2.17. The lowest BCUT2D eigenvalue weighted by Crippen LogP contribution is -2.14. The smallest absolute Gasteiger partial charge is 0.359 e. The van der Waals surface area contributed by atoms with E-state index in [-0.39, 0.29) is 11.8 Å². The van der Waals surface area contributed by atoms with Crippen molar-refractivity contribution in [2.75, 3.05) is 7.11 Å². The zero-order chi connectivity index (χ0) is 14.8. The number of fused-ring (bicyclic) bond motifs is 1. The Morgan fingerprint density at radius 3 is 2.95 bits per heavy atom. The standard InChI is InChI=1S/C16H18N2O3/c1-21-16(20)15-13-8-4-5-9-14(13)18(17-15)11-6-2-3-7-12(19)10-11/h4-5,8-9,11H,2-3,6-7,10H2,1H3. The van der Waals surface area contributed by atoms with Gasteiger partial charge in [0.15, 0.2) is 5.69 Å². The third kappa shape index (κ3) is 2.55. The van der Waals surface area contributed by atoms with E-state index < -0.39 is 5.97 Å². The molecular formula is C16H18N2O3. The quantitative estimate of drug-likeness (QED) is 0.629. The van der Waals surface area contributed by atoms with E-state index >= 15 is 0 Å². The zero-order valence-electron chi connectivity index (χ0n) is 12.0. The van der Waals surface area contributed by atoms with Crippen LogP contribution in [0.2, 0.25) is 0 Å². The highest BCUT2D eigenvalue weighted by Gasteiger charge is 2.25. The van der Waals surface area contributed by atoms with Crippen LogP contribution in [0.1, 0.15) is 48.6 Å². The first-order chi connectivity index (χ1) is 10.2. The number of nitrogens with zero attached hydrogens (tertiary/aromatic N) is 2. The van der Waals surface area contributed by atoms with Gasteiger partial charge in [-0.1, -0.05) is 24.6 Å². The molecule has 110 valence electrons. The number of Topliss-reactive ketones (excluding diaryl/α,β-unsaturated/α-hetero) is 1. The van der Waals surface area contributed by atoms with Crippen molar-refractivity contribution in [3.63, 3.8) is 0 Å². The van der Waals surface area contributed by atoms with Gasteiger partial charge in [0.25, 0.3) is 0 Å². The van der Waals surface area contributed by atoms with Crippen LogP contribution in [-0.4, -0.2) is 28.6 Å². The number of ether oxygens (including phenoxy) is 1. The average molecular weight is 286 g/mol. The summed E-state index contributed by atoms with van der Waals surface area (Å²) in [6, 6.07) is 7.62. The minimum absolute atomic E-state index is 0.0308. The summed E-state index contributed by atoms with van der Waals surface area (Å²) < 4.78 is 6.65. The van der Waals surface area contributed by atoms with Crippen molar-refractivity contribution in [1.29, 1.82) is 0 Å². The van der Waals surface area contributed by atoms with E-state index in [2.05, 4.69) is 5.10 Å². The van der Waals surface area contributed by atoms with E-state index in [9.17, 15) is 9.59 Å². The van der Waals surface area contributed by atoms with E-state index in [0.717, 1.165) is 30.2 Å². The largest absolute Gasteiger partial charge is 0.464 e. The Bertz CT molecular complexity index is 690. The normalized spacial score (nSPS) is 19.5. The molecule has 5 heteroatoms. The lowest BCUT2D eigenvalue weighted by atomic mass is 10.1. The summed E-state index contributed by atoms with van der Waals surface area (Å²) in [6.07, 6.45) is 4.01. The van der Waals surface area contributed by atoms with Crippen LogP contribution in [0.15, 0.2) is 24.3 Å². The van der Waals surface area contributed by atoms with Gasteiger partial charge in [-0.2, -0.15) is 5.10 Å². The maximum Gasteiger partial charge on any atom is 0.359 e. The minimum Gasteiger partial charge on any atom is -0.464 e. The van der Waals surface area contributed by atoms with Gasteiger partial charge in [0.05, 0.1) is 18.7 Å². The maximum atomic E-state index is 11.9. The Morgan fingerprint density at radius 1 is 1.33 bits per heavy atom. The number of aromatic nitrogens is 2. The van der Waals surface area contributed by atoms with Crippen LogP contribution in [0.4, 0.5) is 0 Å². The van der Waals surface area contributed by atoms with Crippen LogP contribution < -0.4 is 0 Å². The first kappa shape index (κ1) is 13.8. The summed E-state index contributed by atoms with van der Waals surface area (Å²) in [5.74, 6) is -0.165. The molecule has 0 amide bonds. The molecule has 1 unspecified atom stereocenters. The van der Waals surface area contributed by atoms with Crippen LogP contribution >= 0.6 is 0 Å².